The fraction of sp³-hybridized carbons (Fsp3) is 0.609. The van der Waals surface area contributed by atoms with E-state index in [4.69, 9.17) is 9.47 Å². The summed E-state index contributed by atoms with van der Waals surface area (Å²) >= 11 is 0. The topological polar surface area (TPSA) is 105 Å². The first-order valence-electron chi connectivity index (χ1n) is 10.8. The molecule has 2 saturated heterocycles. The number of benzene rings is 1. The van der Waals surface area contributed by atoms with Crippen LogP contribution in [0.15, 0.2) is 30.3 Å². The van der Waals surface area contributed by atoms with Gasteiger partial charge >= 0.3 is 12.1 Å². The number of carbonyl (C=O) groups excluding carboxylic acids is 3. The zero-order chi connectivity index (χ0) is 22.6. The number of aliphatic hydroxyl groups is 1. The highest BCUT2D eigenvalue weighted by Gasteiger charge is 2.45. The third kappa shape index (κ3) is 6.19. The number of esters is 1. The average Bonchev–Trinajstić information content (AvgIpc) is 3.11. The third-order valence-electron chi connectivity index (χ3n) is 5.58. The van der Waals surface area contributed by atoms with E-state index >= 15 is 0 Å². The fourth-order valence-electron chi connectivity index (χ4n) is 4.18. The van der Waals surface area contributed by atoms with Crippen LogP contribution in [0.1, 0.15) is 58.4 Å². The summed E-state index contributed by atoms with van der Waals surface area (Å²) in [4.78, 5) is 40.0. The Morgan fingerprint density at radius 1 is 1.13 bits per heavy atom. The van der Waals surface area contributed by atoms with Crippen molar-refractivity contribution in [1.82, 2.24) is 10.2 Å². The maximum Gasteiger partial charge on any atom is 0.408 e. The number of amides is 2. The van der Waals surface area contributed by atoms with Gasteiger partial charge in [-0.3, -0.25) is 4.79 Å². The highest BCUT2D eigenvalue weighted by atomic mass is 16.6. The molecular formula is C23H32N2O6. The summed E-state index contributed by atoms with van der Waals surface area (Å²) in [7, 11) is 0. The highest BCUT2D eigenvalue weighted by Crippen LogP contribution is 2.32. The molecule has 2 N–H and O–H groups in total. The number of nitrogens with zero attached hydrogens (tertiary/aromatic N) is 1. The molecule has 170 valence electrons. The Morgan fingerprint density at radius 3 is 2.48 bits per heavy atom. The number of ether oxygens (including phenoxy) is 2. The number of alkyl carbamates (subject to hydrolysis) is 1. The number of aliphatic hydroxyl groups excluding tert-OH is 1. The van der Waals surface area contributed by atoms with E-state index in [0.29, 0.717) is 25.7 Å². The van der Waals surface area contributed by atoms with Gasteiger partial charge < -0.3 is 24.8 Å². The minimum atomic E-state index is -0.963. The van der Waals surface area contributed by atoms with Crippen LogP contribution in [0.2, 0.25) is 0 Å². The van der Waals surface area contributed by atoms with Crippen LogP contribution in [-0.2, 0) is 25.7 Å². The first-order chi connectivity index (χ1) is 14.6. The number of hydrogen-bond acceptors (Lipinski definition) is 6. The van der Waals surface area contributed by atoms with Gasteiger partial charge in [-0.2, -0.15) is 0 Å². The Hall–Kier alpha value is -2.61. The van der Waals surface area contributed by atoms with Crippen molar-refractivity contribution in [1.29, 1.82) is 0 Å². The second kappa shape index (κ2) is 9.68. The van der Waals surface area contributed by atoms with E-state index in [1.165, 1.54) is 0 Å². The Bertz CT molecular complexity index is 791. The molecule has 0 aromatic heterocycles. The molecule has 3 rings (SSSR count). The molecule has 0 radical (unpaired) electrons. The Morgan fingerprint density at radius 2 is 1.81 bits per heavy atom. The van der Waals surface area contributed by atoms with Crippen molar-refractivity contribution in [2.24, 2.45) is 0 Å². The van der Waals surface area contributed by atoms with Crippen molar-refractivity contribution in [3.05, 3.63) is 35.9 Å². The van der Waals surface area contributed by atoms with Gasteiger partial charge in [0, 0.05) is 12.5 Å². The molecule has 0 unspecified atom stereocenters. The van der Waals surface area contributed by atoms with Crippen molar-refractivity contribution in [2.45, 2.75) is 89.3 Å². The summed E-state index contributed by atoms with van der Waals surface area (Å²) in [5.74, 6) is -0.828. The molecule has 1 aromatic rings. The maximum absolute atomic E-state index is 13.4. The monoisotopic (exact) mass is 432 g/mol. The van der Waals surface area contributed by atoms with Crippen LogP contribution in [0.25, 0.3) is 0 Å². The number of nitrogens with one attached hydrogen (secondary N) is 1. The molecule has 0 spiro atoms. The third-order valence-corrected chi connectivity index (χ3v) is 5.58. The van der Waals surface area contributed by atoms with Crippen LogP contribution in [0.3, 0.4) is 0 Å². The number of fused-ring (bicyclic) bond motifs is 1. The minimum Gasteiger partial charge on any atom is -0.459 e. The van der Waals surface area contributed by atoms with E-state index < -0.39 is 35.9 Å². The number of hydrogen-bond donors (Lipinski definition) is 2. The lowest BCUT2D eigenvalue weighted by atomic mass is 9.97. The molecule has 8 nitrogen and oxygen atoms in total. The van der Waals surface area contributed by atoms with Gasteiger partial charge in [0.1, 0.15) is 24.3 Å². The maximum atomic E-state index is 13.4. The van der Waals surface area contributed by atoms with Crippen molar-refractivity contribution in [2.75, 3.05) is 0 Å². The molecule has 31 heavy (non-hydrogen) atoms. The number of rotatable bonds is 4. The Kier molecular flexibility index (Phi) is 7.20. The lowest BCUT2D eigenvalue weighted by Gasteiger charge is -2.36. The summed E-state index contributed by atoms with van der Waals surface area (Å²) in [5, 5.41) is 12.9. The van der Waals surface area contributed by atoms with Crippen LogP contribution in [0.5, 0.6) is 0 Å². The molecule has 0 saturated carbocycles. The van der Waals surface area contributed by atoms with Crippen molar-refractivity contribution < 1.29 is 29.0 Å². The largest absolute Gasteiger partial charge is 0.459 e. The summed E-state index contributed by atoms with van der Waals surface area (Å²) in [5.41, 5.74) is 0.157. The lowest BCUT2D eigenvalue weighted by Crippen LogP contribution is -2.56. The summed E-state index contributed by atoms with van der Waals surface area (Å²) in [6, 6.07) is 7.54. The second-order valence-electron chi connectivity index (χ2n) is 9.25. The van der Waals surface area contributed by atoms with Gasteiger partial charge in [-0.1, -0.05) is 30.3 Å². The van der Waals surface area contributed by atoms with E-state index in [2.05, 4.69) is 5.32 Å². The van der Waals surface area contributed by atoms with Gasteiger partial charge in [-0.15, -0.1) is 0 Å². The van der Waals surface area contributed by atoms with Crippen molar-refractivity contribution in [3.8, 4) is 0 Å². The van der Waals surface area contributed by atoms with Crippen LogP contribution < -0.4 is 5.32 Å². The molecule has 2 aliphatic rings. The molecule has 0 aliphatic carbocycles. The summed E-state index contributed by atoms with van der Waals surface area (Å²) in [6.45, 7) is 5.34. The van der Waals surface area contributed by atoms with Crippen molar-refractivity contribution in [3.63, 3.8) is 0 Å². The van der Waals surface area contributed by atoms with Gasteiger partial charge in [-0.25, -0.2) is 9.59 Å². The van der Waals surface area contributed by atoms with Crippen LogP contribution in [-0.4, -0.2) is 57.8 Å². The molecular weight excluding hydrogens is 400 g/mol. The standard InChI is InChI=1S/C23H32N2O6/c1-23(2,3)31-22(29)24-18-13-17(26)11-9-16-10-12-19(25(16)20(18)27)21(28)30-14-15-7-5-4-6-8-15/h4-8,16-19,26H,9-14H2,1-3H3,(H,24,29)/t16-,17+,18-,19-/m0/s1. The van der Waals surface area contributed by atoms with Crippen LogP contribution >= 0.6 is 0 Å². The second-order valence-corrected chi connectivity index (χ2v) is 9.25. The van der Waals surface area contributed by atoms with Gasteiger partial charge in [0.2, 0.25) is 5.91 Å². The van der Waals surface area contributed by atoms with Gasteiger partial charge in [0.25, 0.3) is 0 Å². The SMILES string of the molecule is CC(C)(C)OC(=O)N[C@H]1C[C@H](O)CC[C@H]2CC[C@@H](C(=O)OCc3ccccc3)N2C1=O. The lowest BCUT2D eigenvalue weighted by molar-refractivity contribution is -0.157. The van der Waals surface area contributed by atoms with Crippen LogP contribution in [0, 0.1) is 0 Å². The van der Waals surface area contributed by atoms with E-state index in [-0.39, 0.29) is 25.0 Å². The van der Waals surface area contributed by atoms with Crippen LogP contribution in [0.4, 0.5) is 4.79 Å². The first-order valence-corrected chi connectivity index (χ1v) is 10.8. The quantitative estimate of drug-likeness (QED) is 0.709. The minimum absolute atomic E-state index is 0.0765. The summed E-state index contributed by atoms with van der Waals surface area (Å²) in [6.07, 6.45) is 0.892. The Labute approximate surface area is 182 Å². The average molecular weight is 433 g/mol. The predicted octanol–water partition coefficient (Wildman–Crippen LogP) is 2.53. The van der Waals surface area contributed by atoms with Crippen molar-refractivity contribution >= 4 is 18.0 Å². The number of carbonyl (C=O) groups is 3. The molecule has 2 fully saturated rings. The van der Waals surface area contributed by atoms with E-state index in [1.807, 2.05) is 30.3 Å². The molecule has 0 bridgehead atoms. The van der Waals surface area contributed by atoms with Gasteiger partial charge in [0.05, 0.1) is 6.10 Å². The molecule has 2 amide bonds. The predicted molar refractivity (Wildman–Crippen MR) is 113 cm³/mol. The zero-order valence-electron chi connectivity index (χ0n) is 18.4. The molecule has 1 aromatic carbocycles. The fourth-order valence-corrected chi connectivity index (χ4v) is 4.18. The highest BCUT2D eigenvalue weighted by molar-refractivity contribution is 5.90. The first kappa shape index (κ1) is 23.1. The zero-order valence-corrected chi connectivity index (χ0v) is 18.4. The van der Waals surface area contributed by atoms with E-state index in [1.54, 1.807) is 25.7 Å². The van der Waals surface area contributed by atoms with Gasteiger partial charge in [0.15, 0.2) is 0 Å². The molecule has 8 heteroatoms. The normalized spacial score (nSPS) is 26.5. The Balaban J connectivity index is 1.71. The van der Waals surface area contributed by atoms with E-state index in [0.717, 1.165) is 5.56 Å². The summed E-state index contributed by atoms with van der Waals surface area (Å²) < 4.78 is 10.8. The molecule has 2 heterocycles. The molecule has 2 aliphatic heterocycles. The smallest absolute Gasteiger partial charge is 0.408 e. The van der Waals surface area contributed by atoms with Gasteiger partial charge in [-0.05, 0) is 52.0 Å². The van der Waals surface area contributed by atoms with E-state index in [9.17, 15) is 19.5 Å². The molecule has 4 atom stereocenters.